The Labute approximate surface area is 299 Å². The molecule has 0 unspecified atom stereocenters. The number of amides is 1. The maximum Gasteiger partial charge on any atom is 0.347 e. The lowest BCUT2D eigenvalue weighted by molar-refractivity contribution is -0.187. The zero-order valence-corrected chi connectivity index (χ0v) is 30.9. The minimum absolute atomic E-state index is 0.0719. The van der Waals surface area contributed by atoms with E-state index in [1.54, 1.807) is 20.8 Å². The first-order valence-corrected chi connectivity index (χ1v) is 16.8. The Kier molecular flexibility index (Phi) is 16.5. The molecule has 0 bridgehead atoms. The van der Waals surface area contributed by atoms with E-state index < -0.39 is 78.0 Å². The van der Waals surface area contributed by atoms with E-state index in [1.165, 1.54) is 32.6 Å². The summed E-state index contributed by atoms with van der Waals surface area (Å²) in [5.41, 5.74) is -0.636. The Balaban J connectivity index is 1.96. The molecule has 19 nitrogen and oxygen atoms in total. The van der Waals surface area contributed by atoms with Crippen LogP contribution in [0.2, 0.25) is 0 Å². The highest BCUT2D eigenvalue weighted by molar-refractivity contribution is 6.99. The number of carbonyl (C=O) groups excluding carboxylic acids is 7. The molecule has 1 amide bonds. The number of nitrogens with zero attached hydrogens (tertiary/aromatic N) is 4. The SMILES string of the molecule is CC(=O)O[C@@H](C)C(=O)O[C@@H](C)C(=O)O[C@@H](C)C(=O)O[C@@H](C)C(=O)O[C@@H](C)C(=O)O[C@H](COc1nsnc1N1CCOCC1)CN(C=O)C(C)(C)C. The Bertz CT molecular complexity index is 1380. The van der Waals surface area contributed by atoms with Crippen molar-refractivity contribution >= 4 is 59.8 Å². The molecule has 286 valence electrons. The zero-order valence-electron chi connectivity index (χ0n) is 30.1. The number of carbonyl (C=O) groups is 7. The third-order valence-corrected chi connectivity index (χ3v) is 7.51. The Morgan fingerprint density at radius 2 is 1.20 bits per heavy atom. The predicted molar refractivity (Wildman–Crippen MR) is 174 cm³/mol. The summed E-state index contributed by atoms with van der Waals surface area (Å²) in [7, 11) is 0. The van der Waals surface area contributed by atoms with E-state index in [9.17, 15) is 33.6 Å². The molecule has 51 heavy (non-hydrogen) atoms. The van der Waals surface area contributed by atoms with E-state index in [4.69, 9.17) is 33.2 Å². The average Bonchev–Trinajstić information content (AvgIpc) is 3.53. The molecule has 1 fully saturated rings. The van der Waals surface area contributed by atoms with Gasteiger partial charge >= 0.3 is 35.8 Å². The first kappa shape index (κ1) is 42.6. The van der Waals surface area contributed by atoms with E-state index in [0.29, 0.717) is 38.5 Å². The quantitative estimate of drug-likeness (QED) is 0.114. The summed E-state index contributed by atoms with van der Waals surface area (Å²) in [5, 5.41) is 0. The smallest absolute Gasteiger partial charge is 0.347 e. The minimum atomic E-state index is -1.55. The minimum Gasteiger partial charge on any atom is -0.470 e. The van der Waals surface area contributed by atoms with Crippen molar-refractivity contribution in [2.45, 2.75) is 104 Å². The molecule has 2 rings (SSSR count). The maximum absolute atomic E-state index is 13.1. The zero-order chi connectivity index (χ0) is 38.5. The Morgan fingerprint density at radius 1 is 0.765 bits per heavy atom. The van der Waals surface area contributed by atoms with E-state index in [0.717, 1.165) is 25.6 Å². The van der Waals surface area contributed by atoms with Gasteiger partial charge in [0.25, 0.3) is 5.88 Å². The van der Waals surface area contributed by atoms with Crippen molar-refractivity contribution in [2.24, 2.45) is 0 Å². The molecule has 0 aromatic carbocycles. The molecule has 6 atom stereocenters. The van der Waals surface area contributed by atoms with Crippen LogP contribution in [0.1, 0.15) is 62.3 Å². The standard InChI is InChI=1S/C31H46N4O15S/c1-17(45-22(6)37)26(38)46-18(2)27(39)47-19(3)28(40)48-20(4)29(41)49-21(5)30(42)50-23(14-35(16-36)31(7,8)9)15-44-25-24(32-51-33-25)34-10-12-43-13-11-34/h16-21,23H,10-15H2,1-9H3/t17-,18-,19-,20-,21-,23-/m0/s1. The second-order valence-corrected chi connectivity index (χ2v) is 12.9. The normalized spacial score (nSPS) is 16.5. The highest BCUT2D eigenvalue weighted by atomic mass is 32.1. The van der Waals surface area contributed by atoms with Gasteiger partial charge in [-0.2, -0.15) is 4.37 Å². The number of ether oxygens (including phenoxy) is 8. The number of esters is 6. The summed E-state index contributed by atoms with van der Waals surface area (Å²) in [5.74, 6) is -5.37. The molecule has 1 aliphatic rings. The van der Waals surface area contributed by atoms with Crippen molar-refractivity contribution in [1.82, 2.24) is 13.6 Å². The molecule has 0 aliphatic carbocycles. The fourth-order valence-electron chi connectivity index (χ4n) is 4.06. The van der Waals surface area contributed by atoms with Crippen LogP contribution in [0.3, 0.4) is 0 Å². The summed E-state index contributed by atoms with van der Waals surface area (Å²) in [6.07, 6.45) is -7.73. The van der Waals surface area contributed by atoms with Gasteiger partial charge in [0.05, 0.1) is 31.5 Å². The molecule has 0 N–H and O–H groups in total. The van der Waals surface area contributed by atoms with Crippen molar-refractivity contribution in [3.63, 3.8) is 0 Å². The molecular formula is C31H46N4O15S. The highest BCUT2D eigenvalue weighted by Crippen LogP contribution is 2.27. The highest BCUT2D eigenvalue weighted by Gasteiger charge is 2.33. The number of hydrogen-bond acceptors (Lipinski definition) is 19. The third-order valence-electron chi connectivity index (χ3n) is 7.01. The Morgan fingerprint density at radius 3 is 1.61 bits per heavy atom. The second-order valence-electron chi connectivity index (χ2n) is 12.4. The van der Waals surface area contributed by atoms with Gasteiger partial charge in [0.1, 0.15) is 6.61 Å². The number of hydrogen-bond donors (Lipinski definition) is 0. The molecule has 1 aromatic rings. The van der Waals surface area contributed by atoms with E-state index in [2.05, 4.69) is 13.5 Å². The van der Waals surface area contributed by atoms with Gasteiger partial charge in [0.2, 0.25) is 12.2 Å². The van der Waals surface area contributed by atoms with Crippen LogP contribution in [0.4, 0.5) is 5.82 Å². The van der Waals surface area contributed by atoms with Crippen LogP contribution in [-0.4, -0.2) is 137 Å². The van der Waals surface area contributed by atoms with Gasteiger partial charge in [-0.3, -0.25) is 9.59 Å². The van der Waals surface area contributed by atoms with Crippen molar-refractivity contribution in [1.29, 1.82) is 0 Å². The largest absolute Gasteiger partial charge is 0.470 e. The molecule has 1 aromatic heterocycles. The van der Waals surface area contributed by atoms with Crippen LogP contribution in [0, 0.1) is 0 Å². The van der Waals surface area contributed by atoms with Crippen molar-refractivity contribution in [3.05, 3.63) is 0 Å². The van der Waals surface area contributed by atoms with Gasteiger partial charge in [-0.1, -0.05) is 0 Å². The molecule has 0 radical (unpaired) electrons. The maximum atomic E-state index is 13.1. The molecule has 0 spiro atoms. The van der Waals surface area contributed by atoms with Crippen LogP contribution in [0.5, 0.6) is 5.88 Å². The van der Waals surface area contributed by atoms with Gasteiger partial charge in [-0.15, -0.1) is 4.37 Å². The summed E-state index contributed by atoms with van der Waals surface area (Å²) in [4.78, 5) is 88.8. The topological polar surface area (TPSA) is 226 Å². The first-order chi connectivity index (χ1) is 23.8. The van der Waals surface area contributed by atoms with Crippen LogP contribution in [0.15, 0.2) is 0 Å². The predicted octanol–water partition coefficient (Wildman–Crippen LogP) is 0.601. The summed E-state index contributed by atoms with van der Waals surface area (Å²) >= 11 is 0.945. The third kappa shape index (κ3) is 13.9. The van der Waals surface area contributed by atoms with Gasteiger partial charge in [0.15, 0.2) is 36.6 Å². The number of aromatic nitrogens is 2. The van der Waals surface area contributed by atoms with Crippen LogP contribution in [-0.2, 0) is 66.7 Å². The summed E-state index contributed by atoms with van der Waals surface area (Å²) < 4.78 is 50.1. The monoisotopic (exact) mass is 746 g/mol. The lowest BCUT2D eigenvalue weighted by Gasteiger charge is -2.35. The average molecular weight is 747 g/mol. The van der Waals surface area contributed by atoms with E-state index in [-0.39, 0.29) is 19.0 Å². The van der Waals surface area contributed by atoms with Crippen molar-refractivity contribution in [3.8, 4) is 5.88 Å². The molecule has 0 saturated carbocycles. The van der Waals surface area contributed by atoms with E-state index in [1.807, 2.05) is 4.90 Å². The van der Waals surface area contributed by atoms with Crippen molar-refractivity contribution < 1.29 is 71.5 Å². The molecule has 20 heteroatoms. The fourth-order valence-corrected chi connectivity index (χ4v) is 4.58. The molecule has 1 aliphatic heterocycles. The lowest BCUT2D eigenvalue weighted by Crippen LogP contribution is -2.48. The van der Waals surface area contributed by atoms with Crippen LogP contribution < -0.4 is 9.64 Å². The second kappa shape index (κ2) is 19.7. The van der Waals surface area contributed by atoms with E-state index >= 15 is 0 Å². The number of anilines is 1. The number of rotatable bonds is 18. The number of morpholine rings is 1. The van der Waals surface area contributed by atoms with Crippen LogP contribution in [0.25, 0.3) is 0 Å². The Hall–Kier alpha value is -4.59. The molecule has 1 saturated heterocycles. The molecule has 2 heterocycles. The van der Waals surface area contributed by atoms with Crippen LogP contribution >= 0.6 is 11.7 Å². The van der Waals surface area contributed by atoms with Gasteiger partial charge in [0, 0.05) is 25.6 Å². The fraction of sp³-hybridized carbons (Fsp3) is 0.710. The van der Waals surface area contributed by atoms with Gasteiger partial charge in [-0.25, -0.2) is 24.0 Å². The summed E-state index contributed by atoms with van der Waals surface area (Å²) in [6.45, 7) is 14.3. The summed E-state index contributed by atoms with van der Waals surface area (Å²) in [6, 6.07) is 0. The van der Waals surface area contributed by atoms with Gasteiger partial charge < -0.3 is 47.7 Å². The first-order valence-electron chi connectivity index (χ1n) is 16.0. The van der Waals surface area contributed by atoms with Gasteiger partial charge in [-0.05, 0) is 55.4 Å². The van der Waals surface area contributed by atoms with Crippen molar-refractivity contribution in [2.75, 3.05) is 44.4 Å². The lowest BCUT2D eigenvalue weighted by atomic mass is 10.1. The molecular weight excluding hydrogens is 700 g/mol.